The summed E-state index contributed by atoms with van der Waals surface area (Å²) in [5, 5.41) is 6.35. The van der Waals surface area contributed by atoms with Gasteiger partial charge in [-0.25, -0.2) is 0 Å². The lowest BCUT2D eigenvalue weighted by Gasteiger charge is -2.26. The molecule has 1 aliphatic heterocycles. The molecule has 2 aliphatic rings. The number of carbonyl (C=O) groups is 1. The number of carbonyl (C=O) groups excluding carboxylic acids is 1. The summed E-state index contributed by atoms with van der Waals surface area (Å²) in [4.78, 5) is 12.4. The van der Waals surface area contributed by atoms with Crippen LogP contribution in [0.15, 0.2) is 18.2 Å². The van der Waals surface area contributed by atoms with Gasteiger partial charge in [-0.3, -0.25) is 4.79 Å². The normalized spacial score (nSPS) is 24.4. The third-order valence-electron chi connectivity index (χ3n) is 4.61. The molecule has 1 aliphatic carbocycles. The van der Waals surface area contributed by atoms with Gasteiger partial charge in [0.05, 0.1) is 11.3 Å². The number of para-hydroxylation sites is 1. The SMILES string of the molecule is CC1CCC(CNC(=O)c2cccc3c2OCCN3)CC1. The minimum Gasteiger partial charge on any atom is -0.489 e. The highest BCUT2D eigenvalue weighted by atomic mass is 16.5. The van der Waals surface area contributed by atoms with Crippen molar-refractivity contribution in [3.8, 4) is 5.75 Å². The van der Waals surface area contributed by atoms with Crippen molar-refractivity contribution in [1.82, 2.24) is 5.32 Å². The van der Waals surface area contributed by atoms with Crippen LogP contribution in [-0.4, -0.2) is 25.6 Å². The van der Waals surface area contributed by atoms with E-state index in [0.717, 1.165) is 24.7 Å². The zero-order chi connectivity index (χ0) is 14.7. The van der Waals surface area contributed by atoms with Crippen molar-refractivity contribution in [3.63, 3.8) is 0 Å². The lowest BCUT2D eigenvalue weighted by molar-refractivity contribution is 0.0937. The molecule has 0 aromatic heterocycles. The Morgan fingerprint density at radius 3 is 2.95 bits per heavy atom. The highest BCUT2D eigenvalue weighted by Crippen LogP contribution is 2.31. The predicted molar refractivity (Wildman–Crippen MR) is 83.9 cm³/mol. The first kappa shape index (κ1) is 14.2. The number of ether oxygens (including phenoxy) is 1. The maximum Gasteiger partial charge on any atom is 0.255 e. The van der Waals surface area contributed by atoms with Crippen LogP contribution in [0.4, 0.5) is 5.69 Å². The first-order valence-corrected chi connectivity index (χ1v) is 8.02. The van der Waals surface area contributed by atoms with Gasteiger partial charge in [0.25, 0.3) is 5.91 Å². The van der Waals surface area contributed by atoms with Crippen molar-refractivity contribution in [1.29, 1.82) is 0 Å². The number of benzene rings is 1. The molecule has 0 spiro atoms. The molecule has 4 nitrogen and oxygen atoms in total. The molecule has 114 valence electrons. The Bertz CT molecular complexity index is 508. The standard InChI is InChI=1S/C17H24N2O2/c1-12-5-7-13(8-6-12)11-19-17(20)14-3-2-4-15-16(14)21-10-9-18-15/h2-4,12-13,18H,5-11H2,1H3,(H,19,20). The maximum atomic E-state index is 12.4. The van der Waals surface area contributed by atoms with Gasteiger partial charge in [0.2, 0.25) is 0 Å². The van der Waals surface area contributed by atoms with E-state index in [-0.39, 0.29) is 5.91 Å². The number of rotatable bonds is 3. The summed E-state index contributed by atoms with van der Waals surface area (Å²) in [5.74, 6) is 2.15. The van der Waals surface area contributed by atoms with Crippen LogP contribution in [-0.2, 0) is 0 Å². The van der Waals surface area contributed by atoms with Crippen LogP contribution in [0.25, 0.3) is 0 Å². The molecule has 1 aromatic rings. The van der Waals surface area contributed by atoms with Crippen LogP contribution >= 0.6 is 0 Å². The third-order valence-corrected chi connectivity index (χ3v) is 4.61. The first-order chi connectivity index (χ1) is 10.2. The van der Waals surface area contributed by atoms with Gasteiger partial charge >= 0.3 is 0 Å². The fraction of sp³-hybridized carbons (Fsp3) is 0.588. The molecule has 1 saturated carbocycles. The fourth-order valence-electron chi connectivity index (χ4n) is 3.21. The van der Waals surface area contributed by atoms with Crippen LogP contribution in [0.2, 0.25) is 0 Å². The van der Waals surface area contributed by atoms with Crippen molar-refractivity contribution in [2.45, 2.75) is 32.6 Å². The van der Waals surface area contributed by atoms with E-state index in [9.17, 15) is 4.79 Å². The Labute approximate surface area is 126 Å². The second kappa shape index (κ2) is 6.37. The van der Waals surface area contributed by atoms with Gasteiger partial charge in [-0.2, -0.15) is 0 Å². The van der Waals surface area contributed by atoms with E-state index in [0.29, 0.717) is 23.8 Å². The molecule has 3 rings (SSSR count). The summed E-state index contributed by atoms with van der Waals surface area (Å²) in [6, 6.07) is 5.69. The molecule has 0 radical (unpaired) electrons. The minimum atomic E-state index is -0.0193. The molecule has 1 fully saturated rings. The highest BCUT2D eigenvalue weighted by molar-refractivity contribution is 5.98. The summed E-state index contributed by atoms with van der Waals surface area (Å²) in [7, 11) is 0. The van der Waals surface area contributed by atoms with Gasteiger partial charge in [-0.15, -0.1) is 0 Å². The van der Waals surface area contributed by atoms with Crippen LogP contribution < -0.4 is 15.4 Å². The number of nitrogens with one attached hydrogen (secondary N) is 2. The van der Waals surface area contributed by atoms with Crippen LogP contribution in [0, 0.1) is 11.8 Å². The number of fused-ring (bicyclic) bond motifs is 1. The maximum absolute atomic E-state index is 12.4. The fourth-order valence-corrected chi connectivity index (χ4v) is 3.21. The van der Waals surface area contributed by atoms with E-state index in [2.05, 4.69) is 17.6 Å². The van der Waals surface area contributed by atoms with Crippen molar-refractivity contribution < 1.29 is 9.53 Å². The largest absolute Gasteiger partial charge is 0.489 e. The van der Waals surface area contributed by atoms with Crippen molar-refractivity contribution >= 4 is 11.6 Å². The summed E-state index contributed by atoms with van der Waals surface area (Å²) in [6.45, 7) is 4.49. The Hall–Kier alpha value is -1.71. The average Bonchev–Trinajstić information content (AvgIpc) is 2.53. The average molecular weight is 288 g/mol. The number of amides is 1. The molecule has 1 heterocycles. The minimum absolute atomic E-state index is 0.0193. The molecule has 0 saturated heterocycles. The Morgan fingerprint density at radius 2 is 2.14 bits per heavy atom. The highest BCUT2D eigenvalue weighted by Gasteiger charge is 2.21. The lowest BCUT2D eigenvalue weighted by atomic mass is 9.83. The summed E-state index contributed by atoms with van der Waals surface area (Å²) >= 11 is 0. The van der Waals surface area contributed by atoms with Crippen LogP contribution in [0.1, 0.15) is 43.0 Å². The number of hydrogen-bond acceptors (Lipinski definition) is 3. The van der Waals surface area contributed by atoms with Crippen LogP contribution in [0.3, 0.4) is 0 Å². The summed E-state index contributed by atoms with van der Waals surface area (Å²) in [6.07, 6.45) is 5.03. The van der Waals surface area contributed by atoms with Gasteiger partial charge in [0, 0.05) is 13.1 Å². The monoisotopic (exact) mass is 288 g/mol. The molecule has 4 heteroatoms. The third kappa shape index (κ3) is 3.31. The van der Waals surface area contributed by atoms with Gasteiger partial charge in [0.15, 0.2) is 5.75 Å². The quantitative estimate of drug-likeness (QED) is 0.899. The molecule has 0 bridgehead atoms. The smallest absolute Gasteiger partial charge is 0.255 e. The van der Waals surface area contributed by atoms with Crippen LogP contribution in [0.5, 0.6) is 5.75 Å². The van der Waals surface area contributed by atoms with E-state index in [1.807, 2.05) is 18.2 Å². The number of anilines is 1. The van der Waals surface area contributed by atoms with Crippen molar-refractivity contribution in [3.05, 3.63) is 23.8 Å². The van der Waals surface area contributed by atoms with Gasteiger partial charge < -0.3 is 15.4 Å². The molecule has 1 amide bonds. The molecule has 1 aromatic carbocycles. The Kier molecular flexibility index (Phi) is 4.32. The van der Waals surface area contributed by atoms with Gasteiger partial charge in [-0.05, 0) is 36.8 Å². The second-order valence-corrected chi connectivity index (χ2v) is 6.29. The van der Waals surface area contributed by atoms with E-state index in [4.69, 9.17) is 4.74 Å². The topological polar surface area (TPSA) is 50.4 Å². The molecular weight excluding hydrogens is 264 g/mol. The summed E-state index contributed by atoms with van der Waals surface area (Å²) < 4.78 is 5.66. The van der Waals surface area contributed by atoms with E-state index < -0.39 is 0 Å². The zero-order valence-electron chi connectivity index (χ0n) is 12.7. The molecular formula is C17H24N2O2. The predicted octanol–water partition coefficient (Wildman–Crippen LogP) is 3.05. The van der Waals surface area contributed by atoms with E-state index in [1.165, 1.54) is 25.7 Å². The molecule has 0 atom stereocenters. The Morgan fingerprint density at radius 1 is 1.33 bits per heavy atom. The van der Waals surface area contributed by atoms with Crippen molar-refractivity contribution in [2.24, 2.45) is 11.8 Å². The van der Waals surface area contributed by atoms with E-state index >= 15 is 0 Å². The van der Waals surface area contributed by atoms with E-state index in [1.54, 1.807) is 0 Å². The number of hydrogen-bond donors (Lipinski definition) is 2. The molecule has 0 unspecified atom stereocenters. The Balaban J connectivity index is 1.61. The van der Waals surface area contributed by atoms with Crippen molar-refractivity contribution in [2.75, 3.05) is 25.0 Å². The van der Waals surface area contributed by atoms with Gasteiger partial charge in [0.1, 0.15) is 6.61 Å². The first-order valence-electron chi connectivity index (χ1n) is 8.02. The second-order valence-electron chi connectivity index (χ2n) is 6.29. The molecule has 21 heavy (non-hydrogen) atoms. The van der Waals surface area contributed by atoms with Gasteiger partial charge in [-0.1, -0.05) is 25.8 Å². The lowest BCUT2D eigenvalue weighted by Crippen LogP contribution is -2.32. The summed E-state index contributed by atoms with van der Waals surface area (Å²) in [5.41, 5.74) is 1.56. The molecule has 2 N–H and O–H groups in total. The zero-order valence-corrected chi connectivity index (χ0v) is 12.7.